The number of aromatic hydroxyl groups is 1. The van der Waals surface area contributed by atoms with Crippen LogP contribution in [0.2, 0.25) is 0 Å². The molecule has 0 bridgehead atoms. The Morgan fingerprint density at radius 1 is 0.943 bits per heavy atom. The van der Waals surface area contributed by atoms with Crippen molar-refractivity contribution in [2.24, 2.45) is 5.92 Å². The maximum Gasteiger partial charge on any atom is 0.425 e. The fraction of sp³-hybridized carbons (Fsp3) is 0.259. The molecule has 2 atom stereocenters. The minimum Gasteiger partial charge on any atom is -0.508 e. The molecule has 1 aliphatic rings. The van der Waals surface area contributed by atoms with Crippen LogP contribution in [0.5, 0.6) is 11.5 Å². The number of halogens is 3. The third kappa shape index (κ3) is 5.82. The highest BCUT2D eigenvalue weighted by Gasteiger charge is 2.39. The Balaban J connectivity index is 1.36. The van der Waals surface area contributed by atoms with Gasteiger partial charge in [-0.05, 0) is 84.8 Å². The molecule has 0 saturated carbocycles. The molecular formula is C27H23F3O5. The fourth-order valence-corrected chi connectivity index (χ4v) is 3.95. The van der Waals surface area contributed by atoms with Crippen molar-refractivity contribution < 1.29 is 37.3 Å². The van der Waals surface area contributed by atoms with Crippen molar-refractivity contribution in [1.82, 2.24) is 0 Å². The second-order valence-corrected chi connectivity index (χ2v) is 8.50. The molecule has 182 valence electrons. The normalized spacial score (nSPS) is 16.2. The molecule has 0 fully saturated rings. The van der Waals surface area contributed by atoms with Gasteiger partial charge in [-0.3, -0.25) is 4.79 Å². The Bertz CT molecular complexity index is 1220. The van der Waals surface area contributed by atoms with Crippen molar-refractivity contribution >= 4 is 11.9 Å². The van der Waals surface area contributed by atoms with E-state index in [-0.39, 0.29) is 23.2 Å². The van der Waals surface area contributed by atoms with Gasteiger partial charge in [0, 0.05) is 0 Å². The zero-order chi connectivity index (χ0) is 25.2. The van der Waals surface area contributed by atoms with Gasteiger partial charge in [0.1, 0.15) is 11.5 Å². The number of carbonyl (C=O) groups excluding carboxylic acids is 2. The molecule has 0 saturated heterocycles. The van der Waals surface area contributed by atoms with Crippen LogP contribution in [-0.4, -0.2) is 29.3 Å². The van der Waals surface area contributed by atoms with Crippen LogP contribution in [-0.2, 0) is 22.4 Å². The molecule has 8 heteroatoms. The average Bonchev–Trinajstić information content (AvgIpc) is 2.83. The van der Waals surface area contributed by atoms with Gasteiger partial charge in [-0.2, -0.15) is 13.2 Å². The molecule has 3 aromatic rings. The summed E-state index contributed by atoms with van der Waals surface area (Å²) in [5, 5.41) is 9.61. The number of phenols is 1. The van der Waals surface area contributed by atoms with Crippen molar-refractivity contribution in [2.75, 3.05) is 0 Å². The summed E-state index contributed by atoms with van der Waals surface area (Å²) in [6.45, 7) is 0.777. The molecule has 0 radical (unpaired) electrons. The zero-order valence-electron chi connectivity index (χ0n) is 18.8. The monoisotopic (exact) mass is 484 g/mol. The number of carbonyl (C=O) groups is 2. The Morgan fingerprint density at radius 3 is 2.20 bits per heavy atom. The molecule has 5 nitrogen and oxygen atoms in total. The number of benzene rings is 3. The first-order chi connectivity index (χ1) is 16.6. The summed E-state index contributed by atoms with van der Waals surface area (Å²) >= 11 is 0. The Kier molecular flexibility index (Phi) is 6.82. The van der Waals surface area contributed by atoms with Crippen molar-refractivity contribution in [2.45, 2.75) is 38.5 Å². The van der Waals surface area contributed by atoms with E-state index >= 15 is 0 Å². The van der Waals surface area contributed by atoms with Gasteiger partial charge in [-0.15, -0.1) is 0 Å². The summed E-state index contributed by atoms with van der Waals surface area (Å²) < 4.78 is 47.8. The molecule has 0 aliphatic heterocycles. The van der Waals surface area contributed by atoms with E-state index in [0.29, 0.717) is 25.0 Å². The van der Waals surface area contributed by atoms with Gasteiger partial charge in [-0.25, -0.2) is 4.79 Å². The number of rotatable bonds is 5. The zero-order valence-corrected chi connectivity index (χ0v) is 18.8. The predicted molar refractivity (Wildman–Crippen MR) is 122 cm³/mol. The van der Waals surface area contributed by atoms with Gasteiger partial charge >= 0.3 is 18.1 Å². The number of ether oxygens (including phenoxy) is 2. The first-order valence-corrected chi connectivity index (χ1v) is 11.1. The molecule has 0 aromatic heterocycles. The topological polar surface area (TPSA) is 72.8 Å². The van der Waals surface area contributed by atoms with Gasteiger partial charge in [0.05, 0.1) is 11.5 Å². The van der Waals surface area contributed by atoms with Crippen molar-refractivity contribution in [3.05, 3.63) is 83.4 Å². The molecule has 2 unspecified atom stereocenters. The first-order valence-electron chi connectivity index (χ1n) is 11.1. The predicted octanol–water partition coefficient (Wildman–Crippen LogP) is 5.88. The summed E-state index contributed by atoms with van der Waals surface area (Å²) in [7, 11) is 0. The fourth-order valence-electron chi connectivity index (χ4n) is 3.95. The van der Waals surface area contributed by atoms with Crippen LogP contribution >= 0.6 is 0 Å². The number of fused-ring (bicyclic) bond motifs is 1. The van der Waals surface area contributed by atoms with Crippen molar-refractivity contribution in [3.63, 3.8) is 0 Å². The van der Waals surface area contributed by atoms with E-state index in [4.69, 9.17) is 4.74 Å². The molecule has 3 aromatic carbocycles. The minimum atomic E-state index is -4.62. The Labute approximate surface area is 200 Å². The van der Waals surface area contributed by atoms with Crippen LogP contribution in [0, 0.1) is 5.92 Å². The summed E-state index contributed by atoms with van der Waals surface area (Å²) in [6.07, 6.45) is -4.91. The number of alkyl halides is 3. The van der Waals surface area contributed by atoms with E-state index in [1.807, 2.05) is 6.07 Å². The molecule has 0 amide bonds. The summed E-state index contributed by atoms with van der Waals surface area (Å²) in [6, 6.07) is 18.0. The largest absolute Gasteiger partial charge is 0.508 e. The molecule has 1 aliphatic carbocycles. The smallest absolute Gasteiger partial charge is 0.425 e. The van der Waals surface area contributed by atoms with E-state index < -0.39 is 18.2 Å². The summed E-state index contributed by atoms with van der Waals surface area (Å²) in [4.78, 5) is 24.6. The van der Waals surface area contributed by atoms with Crippen LogP contribution in [0.1, 0.15) is 34.8 Å². The van der Waals surface area contributed by atoms with Crippen LogP contribution in [0.4, 0.5) is 13.2 Å². The van der Waals surface area contributed by atoms with Crippen LogP contribution < -0.4 is 4.74 Å². The number of hydrogen-bond acceptors (Lipinski definition) is 5. The standard InChI is InChI=1S/C27H23F3O5/c1-16(27(28,29)30)34-25(32)19-4-2-17(3-5-19)18-9-12-24(13-10-18)35-26(33)22-7-6-21-15-23(31)11-8-20(21)14-22/h2-5,8-13,15-16,22,31H,6-7,14H2,1H3. The van der Waals surface area contributed by atoms with Crippen molar-refractivity contribution in [1.29, 1.82) is 0 Å². The van der Waals surface area contributed by atoms with Gasteiger partial charge in [-0.1, -0.05) is 30.3 Å². The van der Waals surface area contributed by atoms with E-state index in [1.54, 1.807) is 48.5 Å². The van der Waals surface area contributed by atoms with Gasteiger partial charge in [0.25, 0.3) is 0 Å². The van der Waals surface area contributed by atoms with Crippen molar-refractivity contribution in [3.8, 4) is 22.6 Å². The SMILES string of the molecule is CC(OC(=O)c1ccc(-c2ccc(OC(=O)C3CCc4cc(O)ccc4C3)cc2)cc1)C(F)(F)F. The van der Waals surface area contributed by atoms with E-state index in [2.05, 4.69) is 4.74 Å². The minimum absolute atomic E-state index is 0.0136. The highest BCUT2D eigenvalue weighted by atomic mass is 19.4. The number of phenolic OH excluding ortho intramolecular Hbond substituents is 1. The lowest BCUT2D eigenvalue weighted by molar-refractivity contribution is -0.198. The summed E-state index contributed by atoms with van der Waals surface area (Å²) in [5.74, 6) is -1.01. The summed E-state index contributed by atoms with van der Waals surface area (Å²) in [5.41, 5.74) is 3.61. The molecule has 0 heterocycles. The third-order valence-electron chi connectivity index (χ3n) is 6.02. The quantitative estimate of drug-likeness (QED) is 0.362. The molecule has 0 spiro atoms. The van der Waals surface area contributed by atoms with Gasteiger partial charge < -0.3 is 14.6 Å². The molecule has 1 N–H and O–H groups in total. The van der Waals surface area contributed by atoms with Crippen LogP contribution in [0.15, 0.2) is 66.7 Å². The van der Waals surface area contributed by atoms with Crippen LogP contribution in [0.25, 0.3) is 11.1 Å². The lowest BCUT2D eigenvalue weighted by Crippen LogP contribution is -2.30. The maximum atomic E-state index is 12.7. The number of aryl methyl sites for hydroxylation is 1. The van der Waals surface area contributed by atoms with Gasteiger partial charge in [0.15, 0.2) is 6.10 Å². The lowest BCUT2D eigenvalue weighted by atomic mass is 9.84. The van der Waals surface area contributed by atoms with Crippen LogP contribution in [0.3, 0.4) is 0 Å². The van der Waals surface area contributed by atoms with Gasteiger partial charge in [0.2, 0.25) is 0 Å². The number of esters is 2. The first kappa shape index (κ1) is 24.3. The average molecular weight is 484 g/mol. The third-order valence-corrected chi connectivity index (χ3v) is 6.02. The van der Waals surface area contributed by atoms with E-state index in [0.717, 1.165) is 29.2 Å². The Morgan fingerprint density at radius 2 is 1.57 bits per heavy atom. The second kappa shape index (κ2) is 9.82. The molecule has 35 heavy (non-hydrogen) atoms. The number of hydrogen-bond donors (Lipinski definition) is 1. The second-order valence-electron chi connectivity index (χ2n) is 8.50. The Hall–Kier alpha value is -3.81. The lowest BCUT2D eigenvalue weighted by Gasteiger charge is -2.23. The highest BCUT2D eigenvalue weighted by molar-refractivity contribution is 5.90. The van der Waals surface area contributed by atoms with E-state index in [1.165, 1.54) is 12.1 Å². The molecule has 4 rings (SSSR count). The maximum absolute atomic E-state index is 12.7. The highest BCUT2D eigenvalue weighted by Crippen LogP contribution is 2.30. The molecular weight excluding hydrogens is 461 g/mol. The van der Waals surface area contributed by atoms with E-state index in [9.17, 15) is 27.9 Å².